The zero-order valence-electron chi connectivity index (χ0n) is 18.2. The number of H-pyrrole nitrogens is 1. The molecule has 0 atom stereocenters. The van der Waals surface area contributed by atoms with Crippen molar-refractivity contribution in [2.45, 2.75) is 11.3 Å². The van der Waals surface area contributed by atoms with Crippen LogP contribution in [0.15, 0.2) is 83.9 Å². The number of aromatic nitrogens is 4. The van der Waals surface area contributed by atoms with Crippen LogP contribution >= 0.6 is 0 Å². The Morgan fingerprint density at radius 3 is 2.49 bits per heavy atom. The molecule has 176 valence electrons. The van der Waals surface area contributed by atoms with Gasteiger partial charge < -0.3 is 15.6 Å². The number of rotatable bonds is 7. The van der Waals surface area contributed by atoms with Gasteiger partial charge in [-0.15, -0.1) is 0 Å². The molecule has 0 amide bonds. The number of primary sulfonamides is 1. The summed E-state index contributed by atoms with van der Waals surface area (Å²) in [5.74, 6) is 0.272. The van der Waals surface area contributed by atoms with Crippen molar-refractivity contribution in [3.63, 3.8) is 0 Å². The van der Waals surface area contributed by atoms with Gasteiger partial charge in [0.1, 0.15) is 5.82 Å². The number of aromatic amines is 1. The second kappa shape index (κ2) is 9.12. The van der Waals surface area contributed by atoms with E-state index < -0.39 is 15.8 Å². The van der Waals surface area contributed by atoms with Gasteiger partial charge in [-0.2, -0.15) is 4.98 Å². The number of nitrogens with zero attached hydrogens (tertiary/aromatic N) is 3. The highest BCUT2D eigenvalue weighted by Gasteiger charge is 2.11. The highest BCUT2D eigenvalue weighted by Crippen LogP contribution is 2.22. The number of fused-ring (bicyclic) bond motifs is 1. The maximum absolute atomic E-state index is 14.4. The number of benzene rings is 3. The average Bonchev–Trinajstić information content (AvgIpc) is 3.24. The Bertz CT molecular complexity index is 1590. The van der Waals surface area contributed by atoms with Crippen LogP contribution in [-0.4, -0.2) is 28.4 Å². The van der Waals surface area contributed by atoms with E-state index in [1.165, 1.54) is 18.2 Å². The summed E-state index contributed by atoms with van der Waals surface area (Å²) in [6.07, 6.45) is 1.65. The second-order valence-electron chi connectivity index (χ2n) is 7.79. The summed E-state index contributed by atoms with van der Waals surface area (Å²) in [6, 6.07) is 21.2. The summed E-state index contributed by atoms with van der Waals surface area (Å²) in [4.78, 5) is 15.9. The number of anilines is 4. The monoisotopic (exact) mass is 489 g/mol. The quantitative estimate of drug-likeness (QED) is 0.268. The van der Waals surface area contributed by atoms with Gasteiger partial charge in [-0.05, 0) is 48.0 Å². The molecule has 5 aromatic rings. The molecule has 35 heavy (non-hydrogen) atoms. The number of nitrogens with two attached hydrogens (primary N) is 1. The Hall–Kier alpha value is -4.35. The first kappa shape index (κ1) is 22.4. The van der Waals surface area contributed by atoms with Crippen molar-refractivity contribution in [2.24, 2.45) is 5.14 Å². The molecule has 5 rings (SSSR count). The van der Waals surface area contributed by atoms with E-state index in [0.29, 0.717) is 17.8 Å². The van der Waals surface area contributed by atoms with E-state index in [4.69, 9.17) is 5.14 Å². The minimum atomic E-state index is -3.86. The minimum Gasteiger partial charge on any atom is -0.342 e. The number of halogens is 1. The lowest BCUT2D eigenvalue weighted by atomic mass is 10.1. The first-order valence-electron chi connectivity index (χ1n) is 10.6. The molecule has 5 N–H and O–H groups in total. The fourth-order valence-electron chi connectivity index (χ4n) is 3.52. The molecule has 0 aliphatic rings. The second-order valence-corrected chi connectivity index (χ2v) is 9.35. The fraction of sp³-hybridized carbons (Fsp3) is 0.0417. The third kappa shape index (κ3) is 5.26. The third-order valence-corrected chi connectivity index (χ3v) is 6.10. The van der Waals surface area contributed by atoms with Gasteiger partial charge in [0, 0.05) is 17.8 Å². The van der Waals surface area contributed by atoms with Crippen molar-refractivity contribution in [1.29, 1.82) is 0 Å². The molecule has 0 radical (unpaired) electrons. The van der Waals surface area contributed by atoms with Gasteiger partial charge in [-0.25, -0.2) is 27.9 Å². The summed E-state index contributed by atoms with van der Waals surface area (Å²) in [6.45, 7) is 0. The van der Waals surface area contributed by atoms with Gasteiger partial charge in [0.15, 0.2) is 11.6 Å². The number of hydrogen-bond acceptors (Lipinski definition) is 7. The molecule has 11 heteroatoms. The van der Waals surface area contributed by atoms with E-state index in [0.717, 1.165) is 28.6 Å². The predicted molar refractivity (Wildman–Crippen MR) is 132 cm³/mol. The van der Waals surface area contributed by atoms with E-state index >= 15 is 0 Å². The lowest BCUT2D eigenvalue weighted by molar-refractivity contribution is 0.598. The van der Waals surface area contributed by atoms with Crippen LogP contribution in [0.4, 0.5) is 27.5 Å². The molecule has 0 spiro atoms. The lowest BCUT2D eigenvalue weighted by Crippen LogP contribution is -2.12. The van der Waals surface area contributed by atoms with E-state index in [-0.39, 0.29) is 16.7 Å². The van der Waals surface area contributed by atoms with E-state index in [1.54, 1.807) is 6.07 Å². The van der Waals surface area contributed by atoms with Crippen LogP contribution in [0.1, 0.15) is 11.4 Å². The molecule has 0 bridgehead atoms. The summed E-state index contributed by atoms with van der Waals surface area (Å²) >= 11 is 0. The molecule has 2 heterocycles. The standard InChI is InChI=1S/C24H20FN7O2S/c25-19-14-27-24(29-17-4-3-5-18(13-17)35(26,33)34)32-23(19)28-16-10-8-15(9-11-16)12-22-30-20-6-1-2-7-21(20)31-22/h1-11,13-14H,12H2,(H,30,31)(H2,26,33,34)(H2,27,28,29,32). The molecule has 9 nitrogen and oxygen atoms in total. The number of imidazole rings is 1. The summed E-state index contributed by atoms with van der Waals surface area (Å²) in [5, 5.41) is 11.0. The maximum atomic E-state index is 14.4. The molecule has 2 aromatic heterocycles. The van der Waals surface area contributed by atoms with Crippen LogP contribution in [0.2, 0.25) is 0 Å². The molecular formula is C24H20FN7O2S. The zero-order valence-corrected chi connectivity index (χ0v) is 19.1. The van der Waals surface area contributed by atoms with E-state index in [1.807, 2.05) is 48.5 Å². The van der Waals surface area contributed by atoms with Gasteiger partial charge in [0.2, 0.25) is 16.0 Å². The number of hydrogen-bond donors (Lipinski definition) is 4. The van der Waals surface area contributed by atoms with Crippen LogP contribution in [0, 0.1) is 5.82 Å². The van der Waals surface area contributed by atoms with E-state index in [2.05, 4.69) is 30.6 Å². The topological polar surface area (TPSA) is 139 Å². The van der Waals surface area contributed by atoms with Crippen molar-refractivity contribution in [2.75, 3.05) is 10.6 Å². The minimum absolute atomic E-state index is 0.0323. The number of sulfonamides is 1. The lowest BCUT2D eigenvalue weighted by Gasteiger charge is -2.10. The van der Waals surface area contributed by atoms with Crippen LogP contribution in [0.3, 0.4) is 0 Å². The largest absolute Gasteiger partial charge is 0.342 e. The predicted octanol–water partition coefficient (Wildman–Crippen LogP) is 4.22. The molecule has 0 unspecified atom stereocenters. The molecule has 0 aliphatic carbocycles. The first-order valence-corrected chi connectivity index (χ1v) is 12.1. The van der Waals surface area contributed by atoms with Crippen molar-refractivity contribution < 1.29 is 12.8 Å². The van der Waals surface area contributed by atoms with Crippen LogP contribution in [-0.2, 0) is 16.4 Å². The van der Waals surface area contributed by atoms with Crippen molar-refractivity contribution in [3.8, 4) is 0 Å². The average molecular weight is 490 g/mol. The normalized spacial score (nSPS) is 11.5. The highest BCUT2D eigenvalue weighted by atomic mass is 32.2. The highest BCUT2D eigenvalue weighted by molar-refractivity contribution is 7.89. The van der Waals surface area contributed by atoms with E-state index in [9.17, 15) is 12.8 Å². The SMILES string of the molecule is NS(=O)(=O)c1cccc(Nc2ncc(F)c(Nc3ccc(Cc4nc5ccccc5[nH]4)cc3)n2)c1. The van der Waals surface area contributed by atoms with Crippen LogP contribution < -0.4 is 15.8 Å². The van der Waals surface area contributed by atoms with Crippen LogP contribution in [0.5, 0.6) is 0 Å². The van der Waals surface area contributed by atoms with Crippen molar-refractivity contribution in [3.05, 3.63) is 96.2 Å². The molecular weight excluding hydrogens is 469 g/mol. The molecule has 0 aliphatic heterocycles. The number of para-hydroxylation sites is 2. The summed E-state index contributed by atoms with van der Waals surface area (Å²) in [5.41, 5.74) is 3.97. The van der Waals surface area contributed by atoms with Crippen molar-refractivity contribution in [1.82, 2.24) is 19.9 Å². The number of nitrogens with one attached hydrogen (secondary N) is 3. The van der Waals surface area contributed by atoms with Gasteiger partial charge >= 0.3 is 0 Å². The smallest absolute Gasteiger partial charge is 0.238 e. The van der Waals surface area contributed by atoms with Gasteiger partial charge in [0.25, 0.3) is 0 Å². The Kier molecular flexibility index (Phi) is 5.85. The fourth-order valence-corrected chi connectivity index (χ4v) is 4.08. The Morgan fingerprint density at radius 1 is 0.914 bits per heavy atom. The third-order valence-electron chi connectivity index (χ3n) is 5.19. The maximum Gasteiger partial charge on any atom is 0.238 e. The van der Waals surface area contributed by atoms with Crippen molar-refractivity contribution >= 4 is 44.2 Å². The molecule has 0 saturated carbocycles. The zero-order chi connectivity index (χ0) is 24.4. The van der Waals surface area contributed by atoms with Gasteiger partial charge in [-0.1, -0.05) is 30.3 Å². The van der Waals surface area contributed by atoms with Crippen LogP contribution in [0.25, 0.3) is 11.0 Å². The molecule has 0 fully saturated rings. The molecule has 0 saturated heterocycles. The Morgan fingerprint density at radius 2 is 1.71 bits per heavy atom. The summed E-state index contributed by atoms with van der Waals surface area (Å²) < 4.78 is 37.5. The van der Waals surface area contributed by atoms with Gasteiger partial charge in [0.05, 0.1) is 22.1 Å². The summed E-state index contributed by atoms with van der Waals surface area (Å²) in [7, 11) is -3.86. The Labute approximate surface area is 200 Å². The Balaban J connectivity index is 1.29. The first-order chi connectivity index (χ1) is 16.8. The van der Waals surface area contributed by atoms with Gasteiger partial charge in [-0.3, -0.25) is 0 Å². The molecule has 3 aromatic carbocycles.